The fraction of sp³-hybridized carbons (Fsp3) is 0.200. The van der Waals surface area contributed by atoms with E-state index in [1.807, 2.05) is 0 Å². The van der Waals surface area contributed by atoms with Gasteiger partial charge in [-0.25, -0.2) is 28.1 Å². The number of aromatic nitrogens is 3. The SMILES string of the molecule is CC(=O)c1cc(-n2c(=O)n(-c3ccc(C)c(C(C)=O)c3)c(=O)n(-c3ccc(C)c(C(C)=O)c3)c2=O)ccc1C. The third kappa shape index (κ3) is 4.74. The molecule has 0 radical (unpaired) electrons. The van der Waals surface area contributed by atoms with E-state index in [0.29, 0.717) is 33.4 Å². The van der Waals surface area contributed by atoms with E-state index in [4.69, 9.17) is 0 Å². The molecule has 3 aromatic carbocycles. The third-order valence-corrected chi connectivity index (χ3v) is 6.72. The molecule has 39 heavy (non-hydrogen) atoms. The van der Waals surface area contributed by atoms with Crippen molar-refractivity contribution in [3.05, 3.63) is 119 Å². The molecule has 0 aliphatic carbocycles. The maximum atomic E-state index is 13.8. The van der Waals surface area contributed by atoms with Crippen LogP contribution in [0.15, 0.2) is 69.0 Å². The minimum atomic E-state index is -0.975. The van der Waals surface area contributed by atoms with Crippen molar-refractivity contribution in [2.24, 2.45) is 0 Å². The van der Waals surface area contributed by atoms with Crippen molar-refractivity contribution in [3.8, 4) is 17.1 Å². The molecule has 0 N–H and O–H groups in total. The van der Waals surface area contributed by atoms with Crippen LogP contribution in [0.1, 0.15) is 68.5 Å². The van der Waals surface area contributed by atoms with E-state index in [1.165, 1.54) is 57.2 Å². The summed E-state index contributed by atoms with van der Waals surface area (Å²) in [6.07, 6.45) is 0. The summed E-state index contributed by atoms with van der Waals surface area (Å²) in [5, 5.41) is 0. The van der Waals surface area contributed by atoms with E-state index < -0.39 is 17.1 Å². The minimum Gasteiger partial charge on any atom is -0.294 e. The van der Waals surface area contributed by atoms with Gasteiger partial charge in [0.2, 0.25) is 0 Å². The van der Waals surface area contributed by atoms with E-state index in [-0.39, 0.29) is 34.4 Å². The molecule has 0 unspecified atom stereocenters. The summed E-state index contributed by atoms with van der Waals surface area (Å²) >= 11 is 0. The van der Waals surface area contributed by atoms with Gasteiger partial charge in [-0.1, -0.05) is 18.2 Å². The monoisotopic (exact) mass is 525 g/mol. The van der Waals surface area contributed by atoms with Crippen LogP contribution in [-0.2, 0) is 0 Å². The van der Waals surface area contributed by atoms with Gasteiger partial charge in [-0.2, -0.15) is 0 Å². The van der Waals surface area contributed by atoms with Crippen LogP contribution < -0.4 is 17.1 Å². The maximum absolute atomic E-state index is 13.8. The van der Waals surface area contributed by atoms with E-state index in [9.17, 15) is 28.8 Å². The number of ketones is 3. The molecule has 9 heteroatoms. The van der Waals surface area contributed by atoms with Gasteiger partial charge in [0.05, 0.1) is 17.1 Å². The molecule has 0 amide bonds. The van der Waals surface area contributed by atoms with Gasteiger partial charge >= 0.3 is 17.1 Å². The molecule has 4 rings (SSSR count). The van der Waals surface area contributed by atoms with Crippen molar-refractivity contribution in [1.82, 2.24) is 13.7 Å². The molecule has 0 saturated carbocycles. The average molecular weight is 526 g/mol. The lowest BCUT2D eigenvalue weighted by molar-refractivity contribution is 0.100. The van der Waals surface area contributed by atoms with Crippen molar-refractivity contribution in [2.75, 3.05) is 0 Å². The van der Waals surface area contributed by atoms with Gasteiger partial charge < -0.3 is 0 Å². The lowest BCUT2D eigenvalue weighted by Gasteiger charge is -2.16. The first kappa shape index (κ1) is 27.1. The Hall–Kier alpha value is -4.92. The van der Waals surface area contributed by atoms with Gasteiger partial charge in [0.15, 0.2) is 17.3 Å². The summed E-state index contributed by atoms with van der Waals surface area (Å²) in [4.78, 5) is 78.2. The molecular weight excluding hydrogens is 498 g/mol. The lowest BCUT2D eigenvalue weighted by Crippen LogP contribution is -2.52. The van der Waals surface area contributed by atoms with Crippen molar-refractivity contribution < 1.29 is 14.4 Å². The number of nitrogens with zero attached hydrogens (tertiary/aromatic N) is 3. The van der Waals surface area contributed by atoms with Crippen LogP contribution in [0.5, 0.6) is 0 Å². The van der Waals surface area contributed by atoms with E-state index in [0.717, 1.165) is 13.7 Å². The highest BCUT2D eigenvalue weighted by molar-refractivity contribution is 5.97. The first-order valence-corrected chi connectivity index (χ1v) is 12.2. The van der Waals surface area contributed by atoms with Gasteiger partial charge in [0.25, 0.3) is 0 Å². The molecule has 0 atom stereocenters. The third-order valence-electron chi connectivity index (χ3n) is 6.72. The number of benzene rings is 3. The highest BCUT2D eigenvalue weighted by Gasteiger charge is 2.22. The molecule has 4 aromatic rings. The fourth-order valence-electron chi connectivity index (χ4n) is 4.59. The van der Waals surface area contributed by atoms with Gasteiger partial charge in [0, 0.05) is 16.7 Å². The second kappa shape index (κ2) is 10.1. The van der Waals surface area contributed by atoms with Crippen LogP contribution in [0, 0.1) is 20.8 Å². The number of hydrogen-bond donors (Lipinski definition) is 0. The number of aryl methyl sites for hydroxylation is 3. The number of rotatable bonds is 6. The summed E-state index contributed by atoms with van der Waals surface area (Å²) < 4.78 is 2.40. The Morgan fingerprint density at radius 2 is 0.692 bits per heavy atom. The Balaban J connectivity index is 2.20. The number of carbonyl (C=O) groups is 3. The van der Waals surface area contributed by atoms with Crippen LogP contribution in [0.3, 0.4) is 0 Å². The second-order valence-corrected chi connectivity index (χ2v) is 9.52. The number of carbonyl (C=O) groups excluding carboxylic acids is 3. The Morgan fingerprint density at radius 3 is 0.897 bits per heavy atom. The largest absolute Gasteiger partial charge is 0.345 e. The normalized spacial score (nSPS) is 10.9. The zero-order valence-electron chi connectivity index (χ0n) is 22.5. The zero-order chi connectivity index (χ0) is 28.8. The van der Waals surface area contributed by atoms with Gasteiger partial charge in [-0.3, -0.25) is 14.4 Å². The summed E-state index contributed by atoms with van der Waals surface area (Å²) in [5.41, 5.74) is 0.227. The maximum Gasteiger partial charge on any atom is 0.345 e. The first-order valence-electron chi connectivity index (χ1n) is 12.2. The summed E-state index contributed by atoms with van der Waals surface area (Å²) in [7, 11) is 0. The van der Waals surface area contributed by atoms with Crippen LogP contribution in [0.25, 0.3) is 17.1 Å². The van der Waals surface area contributed by atoms with Crippen LogP contribution in [0.4, 0.5) is 0 Å². The highest BCUT2D eigenvalue weighted by atomic mass is 16.2. The Bertz CT molecular complexity index is 1640. The quantitative estimate of drug-likeness (QED) is 0.355. The molecule has 0 bridgehead atoms. The molecule has 0 aliphatic rings. The Morgan fingerprint density at radius 1 is 0.462 bits per heavy atom. The molecule has 0 fully saturated rings. The minimum absolute atomic E-state index is 0.0844. The molecule has 0 saturated heterocycles. The number of Topliss-reactive ketones (excluding diaryl/α,β-unsaturated/α-hetero) is 3. The van der Waals surface area contributed by atoms with Crippen molar-refractivity contribution in [3.63, 3.8) is 0 Å². The predicted molar refractivity (Wildman–Crippen MR) is 147 cm³/mol. The van der Waals surface area contributed by atoms with E-state index in [2.05, 4.69) is 0 Å². The van der Waals surface area contributed by atoms with Crippen LogP contribution in [-0.4, -0.2) is 31.1 Å². The molecule has 0 spiro atoms. The van der Waals surface area contributed by atoms with Gasteiger partial charge in [0.1, 0.15) is 0 Å². The fourth-order valence-corrected chi connectivity index (χ4v) is 4.59. The molecule has 9 nitrogen and oxygen atoms in total. The highest BCUT2D eigenvalue weighted by Crippen LogP contribution is 2.17. The van der Waals surface area contributed by atoms with E-state index >= 15 is 0 Å². The molecule has 1 aromatic heterocycles. The number of hydrogen-bond acceptors (Lipinski definition) is 6. The Kier molecular flexibility index (Phi) is 7.02. The summed E-state index contributed by atoms with van der Waals surface area (Å²) in [5.74, 6) is -0.777. The predicted octanol–water partition coefficient (Wildman–Crippen LogP) is 3.67. The van der Waals surface area contributed by atoms with Crippen molar-refractivity contribution in [1.29, 1.82) is 0 Å². The molecule has 198 valence electrons. The van der Waals surface area contributed by atoms with Crippen molar-refractivity contribution in [2.45, 2.75) is 41.5 Å². The zero-order valence-corrected chi connectivity index (χ0v) is 22.5. The second-order valence-electron chi connectivity index (χ2n) is 9.52. The lowest BCUT2D eigenvalue weighted by atomic mass is 10.0. The van der Waals surface area contributed by atoms with Gasteiger partial charge in [-0.05, 0) is 94.6 Å². The average Bonchev–Trinajstić information content (AvgIpc) is 2.86. The molecule has 0 aliphatic heterocycles. The Labute approximate surface area is 223 Å². The summed E-state index contributed by atoms with van der Waals surface area (Å²) in [6, 6.07) is 13.6. The van der Waals surface area contributed by atoms with E-state index in [1.54, 1.807) is 39.0 Å². The molecule has 1 heterocycles. The van der Waals surface area contributed by atoms with Crippen molar-refractivity contribution >= 4 is 17.3 Å². The van der Waals surface area contributed by atoms with Gasteiger partial charge in [-0.15, -0.1) is 0 Å². The summed E-state index contributed by atoms with van der Waals surface area (Å²) in [6.45, 7) is 9.31. The topological polar surface area (TPSA) is 117 Å². The molecular formula is C30H27N3O6. The van der Waals surface area contributed by atoms with Crippen LogP contribution in [0.2, 0.25) is 0 Å². The standard InChI is InChI=1S/C30H27N3O6/c1-16-7-10-22(13-25(16)19(4)34)31-28(37)32(23-11-8-17(2)26(14-23)20(5)35)30(39)33(29(31)38)24-12-9-18(3)27(15-24)21(6)36/h7-15H,1-6H3. The smallest absolute Gasteiger partial charge is 0.294 e. The first-order chi connectivity index (χ1) is 18.3. The van der Waals surface area contributed by atoms with Crippen LogP contribution >= 0.6 is 0 Å².